The van der Waals surface area contributed by atoms with E-state index in [1.165, 1.54) is 19.1 Å². The molecule has 0 aliphatic rings. The van der Waals surface area contributed by atoms with Gasteiger partial charge in [-0.25, -0.2) is 4.39 Å². The van der Waals surface area contributed by atoms with Crippen LogP contribution in [-0.4, -0.2) is 17.2 Å². The third-order valence-corrected chi connectivity index (χ3v) is 3.51. The van der Waals surface area contributed by atoms with E-state index in [0.29, 0.717) is 5.56 Å². The Morgan fingerprint density at radius 3 is 2.42 bits per heavy atom. The van der Waals surface area contributed by atoms with E-state index in [-0.39, 0.29) is 11.4 Å². The normalized spacial score (nSPS) is 14.3. The van der Waals surface area contributed by atoms with Crippen molar-refractivity contribution >= 4 is 11.6 Å². The molecule has 0 bridgehead atoms. The molecule has 24 heavy (non-hydrogen) atoms. The summed E-state index contributed by atoms with van der Waals surface area (Å²) in [5.41, 5.74) is -2.98. The molecule has 1 heterocycles. The maximum atomic E-state index is 13.3. The van der Waals surface area contributed by atoms with Gasteiger partial charge in [-0.2, -0.15) is 13.2 Å². The van der Waals surface area contributed by atoms with Crippen LogP contribution in [0.3, 0.4) is 0 Å². The zero-order valence-corrected chi connectivity index (χ0v) is 12.9. The highest BCUT2D eigenvalue weighted by Crippen LogP contribution is 2.42. The Bertz CT molecular complexity index is 754. The minimum Gasteiger partial charge on any atom is -0.463 e. The molecule has 0 radical (unpaired) electrons. The Labute approximate surface area is 135 Å². The van der Waals surface area contributed by atoms with Crippen molar-refractivity contribution in [3.8, 4) is 0 Å². The largest absolute Gasteiger partial charge is 0.463 e. The Kier molecular flexibility index (Phi) is 4.70. The van der Waals surface area contributed by atoms with Gasteiger partial charge in [0.1, 0.15) is 17.3 Å². The highest BCUT2D eigenvalue weighted by atomic mass is 19.4. The third-order valence-electron chi connectivity index (χ3n) is 3.51. The molecule has 1 amide bonds. The van der Waals surface area contributed by atoms with Gasteiger partial charge in [0, 0.05) is 5.69 Å². The first kappa shape index (κ1) is 18.0. The average molecular weight is 345 g/mol. The number of carbonyl (C=O) groups is 1. The van der Waals surface area contributed by atoms with Crippen LogP contribution in [0.1, 0.15) is 23.5 Å². The van der Waals surface area contributed by atoms with Crippen molar-refractivity contribution in [3.63, 3.8) is 0 Å². The Morgan fingerprint density at radius 1 is 1.21 bits per heavy atom. The van der Waals surface area contributed by atoms with Crippen molar-refractivity contribution in [1.29, 1.82) is 0 Å². The van der Waals surface area contributed by atoms with Crippen molar-refractivity contribution in [2.24, 2.45) is 0 Å². The molecular weight excluding hydrogens is 330 g/mol. The molecule has 2 N–H and O–H groups in total. The first-order chi connectivity index (χ1) is 11.0. The molecule has 0 saturated heterocycles. The molecule has 0 aliphatic carbocycles. The van der Waals surface area contributed by atoms with Crippen LogP contribution in [0.15, 0.2) is 34.7 Å². The Balaban J connectivity index is 2.27. The van der Waals surface area contributed by atoms with E-state index in [9.17, 15) is 27.5 Å². The lowest BCUT2D eigenvalue weighted by molar-refractivity contribution is -0.272. The molecule has 0 fully saturated rings. The smallest absolute Gasteiger partial charge is 0.425 e. The van der Waals surface area contributed by atoms with E-state index in [1.54, 1.807) is 6.92 Å². The first-order valence-corrected chi connectivity index (χ1v) is 6.95. The number of hydrogen-bond donors (Lipinski definition) is 2. The third kappa shape index (κ3) is 3.59. The number of furan rings is 1. The van der Waals surface area contributed by atoms with Crippen LogP contribution in [0, 0.1) is 19.7 Å². The maximum Gasteiger partial charge on any atom is 0.425 e. The van der Waals surface area contributed by atoms with Crippen molar-refractivity contribution < 1.29 is 31.9 Å². The maximum absolute atomic E-state index is 13.3. The second kappa shape index (κ2) is 6.27. The number of rotatable bonds is 4. The van der Waals surface area contributed by atoms with Gasteiger partial charge in [0.15, 0.2) is 0 Å². The van der Waals surface area contributed by atoms with Crippen LogP contribution in [0.4, 0.5) is 23.2 Å². The standard InChI is InChI=1S/C16H15F4NO3/c1-9-3-5-11(17)7-12(9)21-14(22)8-15(23,16(18,19)20)13-6-4-10(2)24-13/h3-7,23H,8H2,1-2H3,(H,21,22). The first-order valence-electron chi connectivity index (χ1n) is 6.95. The monoisotopic (exact) mass is 345 g/mol. The van der Waals surface area contributed by atoms with E-state index < -0.39 is 35.7 Å². The van der Waals surface area contributed by atoms with Gasteiger partial charge in [-0.3, -0.25) is 4.79 Å². The van der Waals surface area contributed by atoms with Crippen LogP contribution < -0.4 is 5.32 Å². The van der Waals surface area contributed by atoms with Gasteiger partial charge in [0.2, 0.25) is 11.5 Å². The zero-order valence-electron chi connectivity index (χ0n) is 12.9. The minimum atomic E-state index is -5.13. The van der Waals surface area contributed by atoms with Crippen molar-refractivity contribution in [3.05, 3.63) is 53.2 Å². The van der Waals surface area contributed by atoms with E-state index >= 15 is 0 Å². The number of aliphatic hydroxyl groups is 1. The van der Waals surface area contributed by atoms with Gasteiger partial charge in [-0.05, 0) is 43.7 Å². The van der Waals surface area contributed by atoms with Crippen LogP contribution >= 0.6 is 0 Å². The summed E-state index contributed by atoms with van der Waals surface area (Å²) in [6, 6.07) is 5.72. The number of alkyl halides is 3. The summed E-state index contributed by atoms with van der Waals surface area (Å²) in [4.78, 5) is 12.0. The second-order valence-electron chi connectivity index (χ2n) is 5.45. The van der Waals surface area contributed by atoms with Crippen molar-refractivity contribution in [1.82, 2.24) is 0 Å². The van der Waals surface area contributed by atoms with Crippen LogP contribution in [0.5, 0.6) is 0 Å². The molecule has 1 atom stereocenters. The lowest BCUT2D eigenvalue weighted by atomic mass is 9.95. The molecule has 1 aromatic heterocycles. The van der Waals surface area contributed by atoms with Gasteiger partial charge in [-0.15, -0.1) is 0 Å². The summed E-state index contributed by atoms with van der Waals surface area (Å²) >= 11 is 0. The summed E-state index contributed by atoms with van der Waals surface area (Å²) in [6.45, 7) is 2.97. The highest BCUT2D eigenvalue weighted by molar-refractivity contribution is 5.92. The number of carbonyl (C=O) groups excluding carboxylic acids is 1. The van der Waals surface area contributed by atoms with Crippen molar-refractivity contribution in [2.45, 2.75) is 32.0 Å². The van der Waals surface area contributed by atoms with Gasteiger partial charge < -0.3 is 14.8 Å². The molecule has 0 saturated carbocycles. The molecule has 1 unspecified atom stereocenters. The number of halogens is 4. The van der Waals surface area contributed by atoms with Crippen molar-refractivity contribution in [2.75, 3.05) is 5.32 Å². The molecule has 4 nitrogen and oxygen atoms in total. The molecule has 130 valence electrons. The predicted molar refractivity (Wildman–Crippen MR) is 77.8 cm³/mol. The summed E-state index contributed by atoms with van der Waals surface area (Å²) < 4.78 is 57.9. The fourth-order valence-corrected chi connectivity index (χ4v) is 2.14. The summed E-state index contributed by atoms with van der Waals surface area (Å²) in [6.07, 6.45) is -6.45. The van der Waals surface area contributed by atoms with Crippen LogP contribution in [0.2, 0.25) is 0 Å². The SMILES string of the molecule is Cc1ccc(C(O)(CC(=O)Nc2cc(F)ccc2C)C(F)(F)F)o1. The number of nitrogens with one attached hydrogen (secondary N) is 1. The fourth-order valence-electron chi connectivity index (χ4n) is 2.14. The van der Waals surface area contributed by atoms with E-state index in [1.807, 2.05) is 0 Å². The van der Waals surface area contributed by atoms with Gasteiger partial charge >= 0.3 is 6.18 Å². The summed E-state index contributed by atoms with van der Waals surface area (Å²) in [7, 11) is 0. The van der Waals surface area contributed by atoms with Gasteiger partial charge in [0.05, 0.1) is 6.42 Å². The van der Waals surface area contributed by atoms with E-state index in [4.69, 9.17) is 4.42 Å². The average Bonchev–Trinajstić information content (AvgIpc) is 2.88. The zero-order chi connectivity index (χ0) is 18.1. The second-order valence-corrected chi connectivity index (χ2v) is 5.45. The number of benzene rings is 1. The molecule has 8 heteroatoms. The molecule has 2 rings (SSSR count). The van der Waals surface area contributed by atoms with E-state index in [2.05, 4.69) is 5.32 Å². The topological polar surface area (TPSA) is 62.5 Å². The number of amides is 1. The quantitative estimate of drug-likeness (QED) is 0.828. The molecule has 1 aromatic carbocycles. The fraction of sp³-hybridized carbons (Fsp3) is 0.312. The summed E-state index contributed by atoms with van der Waals surface area (Å²) in [5, 5.41) is 12.2. The molecule has 0 spiro atoms. The number of hydrogen-bond acceptors (Lipinski definition) is 3. The lowest BCUT2D eigenvalue weighted by Crippen LogP contribution is -2.44. The van der Waals surface area contributed by atoms with Crippen LogP contribution in [-0.2, 0) is 10.4 Å². The van der Waals surface area contributed by atoms with Crippen LogP contribution in [0.25, 0.3) is 0 Å². The van der Waals surface area contributed by atoms with Gasteiger partial charge in [0.25, 0.3) is 0 Å². The summed E-state index contributed by atoms with van der Waals surface area (Å²) in [5.74, 6) is -2.39. The number of aryl methyl sites for hydroxylation is 2. The predicted octanol–water partition coefficient (Wildman–Crippen LogP) is 3.81. The van der Waals surface area contributed by atoms with Gasteiger partial charge in [-0.1, -0.05) is 6.07 Å². The molecule has 0 aliphatic heterocycles. The van der Waals surface area contributed by atoms with E-state index in [0.717, 1.165) is 18.2 Å². The highest BCUT2D eigenvalue weighted by Gasteiger charge is 2.58. The Hall–Kier alpha value is -2.35. The molecule has 2 aromatic rings. The molecular formula is C16H15F4NO3. The number of anilines is 1. The Morgan fingerprint density at radius 2 is 1.88 bits per heavy atom. The lowest BCUT2D eigenvalue weighted by Gasteiger charge is -2.28. The minimum absolute atomic E-state index is 0.0279.